The Morgan fingerprint density at radius 3 is 1.03 bits per heavy atom. The fourth-order valence-electron chi connectivity index (χ4n) is 4.27. The molecule has 0 unspecified atom stereocenters. The van der Waals surface area contributed by atoms with Crippen LogP contribution in [0.1, 0.15) is 36.5 Å². The van der Waals surface area contributed by atoms with Crippen molar-refractivity contribution < 1.29 is 4.48 Å². The summed E-state index contributed by atoms with van der Waals surface area (Å²) in [6.07, 6.45) is 2.68. The first-order chi connectivity index (χ1) is 14.6. The summed E-state index contributed by atoms with van der Waals surface area (Å²) >= 11 is 0. The van der Waals surface area contributed by atoms with Gasteiger partial charge in [-0.15, -0.1) is 0 Å². The average Bonchev–Trinajstić information content (AvgIpc) is 2.70. The molecule has 3 aromatic carbocycles. The quantitative estimate of drug-likeness (QED) is 0.383. The van der Waals surface area contributed by atoms with Crippen LogP contribution in [0, 0.1) is 20.8 Å². The molecule has 31 heavy (non-hydrogen) atoms. The van der Waals surface area contributed by atoms with Crippen molar-refractivity contribution in [1.82, 2.24) is 0 Å². The molecule has 3 rings (SSSR count). The van der Waals surface area contributed by atoms with Crippen molar-refractivity contribution in [3.05, 3.63) is 89.5 Å². The van der Waals surface area contributed by atoms with Gasteiger partial charge >= 0.3 is 0 Å². The third-order valence-electron chi connectivity index (χ3n) is 5.93. The molecule has 0 aliphatic heterocycles. The summed E-state index contributed by atoms with van der Waals surface area (Å²) in [6, 6.07) is 27.7. The van der Waals surface area contributed by atoms with Crippen LogP contribution in [0.15, 0.2) is 72.8 Å². The number of rotatable bonds is 6. The highest BCUT2D eigenvalue weighted by Crippen LogP contribution is 2.17. The minimum atomic E-state index is -0.957. The Balaban J connectivity index is 0.000000614. The third-order valence-corrected chi connectivity index (χ3v) is 5.93. The van der Waals surface area contributed by atoms with Crippen LogP contribution >= 0.6 is 0 Å². The first kappa shape index (κ1) is 24.9. The molecule has 0 aromatic heterocycles. The number of hydrogen-bond acceptors (Lipinski definition) is 0. The van der Waals surface area contributed by atoms with Crippen LogP contribution in [0.4, 0.5) is 0 Å². The largest absolute Gasteiger partial charge is 0.333 e. The molecule has 0 N–H and O–H groups in total. The van der Waals surface area contributed by atoms with E-state index in [1.54, 1.807) is 0 Å². The molecule has 0 aliphatic carbocycles. The van der Waals surface area contributed by atoms with Gasteiger partial charge < -0.3 is 4.48 Å². The molecule has 0 heterocycles. The zero-order chi connectivity index (χ0) is 23.1. The van der Waals surface area contributed by atoms with E-state index >= 15 is 0 Å². The molecule has 0 spiro atoms. The second-order valence-corrected chi connectivity index (χ2v) is 10.6. The lowest BCUT2D eigenvalue weighted by Crippen LogP contribution is -2.67. The van der Waals surface area contributed by atoms with Crippen LogP contribution in [-0.2, 0) is 0 Å². The van der Waals surface area contributed by atoms with E-state index in [0.717, 1.165) is 4.48 Å². The topological polar surface area (TPSA) is 0 Å². The maximum absolute atomic E-state index is 2.35. The summed E-state index contributed by atoms with van der Waals surface area (Å²) in [6.45, 7) is 8.80. The van der Waals surface area contributed by atoms with Gasteiger partial charge in [0.1, 0.15) is 0 Å². The molecule has 0 bridgehead atoms. The minimum Gasteiger partial charge on any atom is -0.333 e. The first-order valence-electron chi connectivity index (χ1n) is 11.7. The van der Waals surface area contributed by atoms with Gasteiger partial charge in [0.2, 0.25) is 0 Å². The van der Waals surface area contributed by atoms with Gasteiger partial charge in [-0.2, -0.15) is 22.7 Å². The summed E-state index contributed by atoms with van der Waals surface area (Å²) < 4.78 is 1.00. The maximum Gasteiger partial charge on any atom is 0.0814 e. The zero-order valence-electron chi connectivity index (χ0n) is 21.1. The number of benzene rings is 3. The van der Waals surface area contributed by atoms with Gasteiger partial charge in [0.15, 0.2) is 0 Å². The van der Waals surface area contributed by atoms with E-state index in [4.69, 9.17) is 0 Å². The summed E-state index contributed by atoms with van der Waals surface area (Å²) in [5, 5.41) is 0. The van der Waals surface area contributed by atoms with Crippen LogP contribution in [0.25, 0.3) is 0 Å². The van der Waals surface area contributed by atoms with Gasteiger partial charge in [0, 0.05) is 0 Å². The molecule has 0 fully saturated rings. The molecule has 3 aromatic rings. The molecule has 166 valence electrons. The normalized spacial score (nSPS) is 11.6. The Morgan fingerprint density at radius 1 is 0.548 bits per heavy atom. The lowest BCUT2D eigenvalue weighted by atomic mass is 9.14. The predicted octanol–water partition coefficient (Wildman–Crippen LogP) is 5.20. The van der Waals surface area contributed by atoms with Crippen molar-refractivity contribution in [2.24, 2.45) is 0 Å². The van der Waals surface area contributed by atoms with E-state index in [0.29, 0.717) is 0 Å². The zero-order valence-corrected chi connectivity index (χ0v) is 21.1. The van der Waals surface area contributed by atoms with Crippen molar-refractivity contribution in [1.29, 1.82) is 0 Å². The van der Waals surface area contributed by atoms with E-state index in [1.807, 2.05) is 0 Å². The first-order valence-corrected chi connectivity index (χ1v) is 11.7. The van der Waals surface area contributed by atoms with Crippen LogP contribution in [0.3, 0.4) is 0 Å². The molecule has 0 saturated carbocycles. The molecular formula is C29H42BN. The fourth-order valence-corrected chi connectivity index (χ4v) is 4.27. The Morgan fingerprint density at radius 2 is 0.806 bits per heavy atom. The number of nitrogens with zero attached hydrogens (tertiary/aromatic N) is 1. The Bertz CT molecular complexity index is 800. The molecular weight excluding hydrogens is 373 g/mol. The second-order valence-electron chi connectivity index (χ2n) is 10.6. The average molecular weight is 415 g/mol. The Hall–Kier alpha value is -2.32. The van der Waals surface area contributed by atoms with Crippen molar-refractivity contribution >= 4 is 22.5 Å². The summed E-state index contributed by atoms with van der Waals surface area (Å²) in [4.78, 5) is 0. The lowest BCUT2D eigenvalue weighted by molar-refractivity contribution is -0.849. The SMILES string of the molecule is CCCC[B-](c1ccc(C)cc1)(c1ccc(C)cc1)c1ccc(C)cc1.C[N+](C)(C)C. The molecule has 0 aliphatic rings. The van der Waals surface area contributed by atoms with Crippen molar-refractivity contribution in [2.75, 3.05) is 28.2 Å². The molecule has 0 radical (unpaired) electrons. The Labute approximate surface area is 191 Å². The Kier molecular flexibility index (Phi) is 8.71. The summed E-state index contributed by atoms with van der Waals surface area (Å²) in [7, 11) is 8.50. The highest BCUT2D eigenvalue weighted by atomic mass is 15.2. The van der Waals surface area contributed by atoms with Crippen LogP contribution in [-0.4, -0.2) is 38.8 Å². The number of quaternary nitrogens is 1. The van der Waals surface area contributed by atoms with E-state index < -0.39 is 6.15 Å². The highest BCUT2D eigenvalue weighted by molar-refractivity contribution is 7.11. The fraction of sp³-hybridized carbons (Fsp3) is 0.379. The minimum absolute atomic E-state index is 0.957. The summed E-state index contributed by atoms with van der Waals surface area (Å²) in [5.74, 6) is 0. The molecule has 2 heteroatoms. The van der Waals surface area contributed by atoms with Gasteiger partial charge in [-0.3, -0.25) is 0 Å². The van der Waals surface area contributed by atoms with Gasteiger partial charge in [0.05, 0.1) is 34.3 Å². The highest BCUT2D eigenvalue weighted by Gasteiger charge is 2.29. The van der Waals surface area contributed by atoms with Crippen molar-refractivity contribution in [3.63, 3.8) is 0 Å². The van der Waals surface area contributed by atoms with E-state index in [1.165, 1.54) is 52.2 Å². The smallest absolute Gasteiger partial charge is 0.0814 e. The predicted molar refractivity (Wildman–Crippen MR) is 142 cm³/mol. The maximum atomic E-state index is 2.35. The van der Waals surface area contributed by atoms with E-state index in [9.17, 15) is 0 Å². The number of aryl methyl sites for hydroxylation is 3. The molecule has 0 amide bonds. The van der Waals surface area contributed by atoms with Gasteiger partial charge in [0.25, 0.3) is 0 Å². The lowest BCUT2D eigenvalue weighted by Gasteiger charge is -2.43. The van der Waals surface area contributed by atoms with Crippen LogP contribution in [0.5, 0.6) is 0 Å². The van der Waals surface area contributed by atoms with Gasteiger partial charge in [-0.25, -0.2) is 0 Å². The second kappa shape index (κ2) is 10.8. The standard InChI is InChI=1S/C25H30B.C4H12N/c1-5-6-19-26(23-13-7-20(2)8-14-23,24-15-9-21(3)10-16-24)25-17-11-22(4)12-18-25;1-5(2,3)4/h7-18H,5-6,19H2,1-4H3;1-4H3/q-1;+1. The van der Waals surface area contributed by atoms with Crippen molar-refractivity contribution in [2.45, 2.75) is 46.9 Å². The third kappa shape index (κ3) is 7.11. The summed E-state index contributed by atoms with van der Waals surface area (Å²) in [5.41, 5.74) is 8.33. The van der Waals surface area contributed by atoms with Gasteiger partial charge in [-0.1, -0.05) is 109 Å². The molecule has 0 saturated heterocycles. The van der Waals surface area contributed by atoms with Crippen LogP contribution < -0.4 is 16.4 Å². The van der Waals surface area contributed by atoms with E-state index in [-0.39, 0.29) is 0 Å². The van der Waals surface area contributed by atoms with Gasteiger partial charge in [-0.05, 0) is 20.8 Å². The number of hydrogen-bond donors (Lipinski definition) is 0. The van der Waals surface area contributed by atoms with Crippen molar-refractivity contribution in [3.8, 4) is 0 Å². The van der Waals surface area contributed by atoms with Crippen LogP contribution in [0.2, 0.25) is 6.32 Å². The van der Waals surface area contributed by atoms with E-state index in [2.05, 4.69) is 129 Å². The monoisotopic (exact) mass is 415 g/mol. The molecule has 0 atom stereocenters. The molecule has 1 nitrogen and oxygen atoms in total. The number of unbranched alkanes of at least 4 members (excludes halogenated alkanes) is 1.